The maximum Gasteiger partial charge on any atom is 0.241 e. The smallest absolute Gasteiger partial charge is 0.241 e. The summed E-state index contributed by atoms with van der Waals surface area (Å²) in [5.74, 6) is 0.658. The highest BCUT2D eigenvalue weighted by atomic mass is 79.9. The van der Waals surface area contributed by atoms with Crippen LogP contribution in [0.2, 0.25) is 0 Å². The van der Waals surface area contributed by atoms with Crippen molar-refractivity contribution in [2.75, 3.05) is 6.54 Å². The molecular formula is C15H22BrNO3S. The van der Waals surface area contributed by atoms with E-state index in [0.717, 1.165) is 19.3 Å². The van der Waals surface area contributed by atoms with E-state index in [1.165, 1.54) is 0 Å². The summed E-state index contributed by atoms with van der Waals surface area (Å²) in [5, 5.41) is 10.5. The molecule has 1 aromatic carbocycles. The Hall–Kier alpha value is -0.430. The first-order chi connectivity index (χ1) is 9.86. The SMILES string of the molecule is CCC1CCC(O)(CNS(=O)(=O)c2ccccc2Br)CC1. The molecule has 2 N–H and O–H groups in total. The van der Waals surface area contributed by atoms with E-state index < -0.39 is 15.6 Å². The van der Waals surface area contributed by atoms with Gasteiger partial charge in [-0.1, -0.05) is 25.5 Å². The van der Waals surface area contributed by atoms with Crippen molar-refractivity contribution >= 4 is 26.0 Å². The van der Waals surface area contributed by atoms with Crippen LogP contribution in [0.4, 0.5) is 0 Å². The predicted octanol–water partition coefficient (Wildman–Crippen LogP) is 3.06. The third-order valence-electron chi connectivity index (χ3n) is 4.33. The van der Waals surface area contributed by atoms with Crippen LogP contribution in [0.25, 0.3) is 0 Å². The molecule has 6 heteroatoms. The molecule has 1 saturated carbocycles. The molecule has 0 unspecified atom stereocenters. The maximum absolute atomic E-state index is 12.3. The van der Waals surface area contributed by atoms with Crippen LogP contribution in [0.3, 0.4) is 0 Å². The zero-order valence-electron chi connectivity index (χ0n) is 12.2. The van der Waals surface area contributed by atoms with E-state index in [1.54, 1.807) is 24.3 Å². The van der Waals surface area contributed by atoms with E-state index in [1.807, 2.05) is 0 Å². The molecule has 1 aliphatic carbocycles. The standard InChI is InChI=1S/C15H22BrNO3S/c1-2-12-7-9-15(18,10-8-12)11-17-21(19,20)14-6-4-3-5-13(14)16/h3-6,12,17-18H,2,7-11H2,1H3. The van der Waals surface area contributed by atoms with Crippen molar-refractivity contribution in [2.24, 2.45) is 5.92 Å². The Morgan fingerprint density at radius 2 is 1.95 bits per heavy atom. The summed E-state index contributed by atoms with van der Waals surface area (Å²) in [6, 6.07) is 6.68. The van der Waals surface area contributed by atoms with Gasteiger partial charge in [-0.3, -0.25) is 0 Å². The van der Waals surface area contributed by atoms with Gasteiger partial charge in [0.1, 0.15) is 0 Å². The fraction of sp³-hybridized carbons (Fsp3) is 0.600. The zero-order chi connectivity index (χ0) is 15.5. The van der Waals surface area contributed by atoms with Crippen molar-refractivity contribution < 1.29 is 13.5 Å². The molecule has 2 rings (SSSR count). The molecule has 0 bridgehead atoms. The van der Waals surface area contributed by atoms with Crippen LogP contribution in [-0.4, -0.2) is 25.7 Å². The molecule has 1 aromatic rings. The molecule has 0 spiro atoms. The Labute approximate surface area is 135 Å². The molecule has 0 atom stereocenters. The maximum atomic E-state index is 12.3. The lowest BCUT2D eigenvalue weighted by atomic mass is 9.78. The summed E-state index contributed by atoms with van der Waals surface area (Å²) in [7, 11) is -3.60. The fourth-order valence-electron chi connectivity index (χ4n) is 2.77. The largest absolute Gasteiger partial charge is 0.389 e. The average Bonchev–Trinajstić information content (AvgIpc) is 2.47. The van der Waals surface area contributed by atoms with Gasteiger partial charge in [-0.2, -0.15) is 0 Å². The quantitative estimate of drug-likeness (QED) is 0.830. The summed E-state index contributed by atoms with van der Waals surface area (Å²) < 4.78 is 27.7. The minimum Gasteiger partial charge on any atom is -0.389 e. The Kier molecular flexibility index (Phi) is 5.46. The lowest BCUT2D eigenvalue weighted by molar-refractivity contribution is -0.00442. The lowest BCUT2D eigenvalue weighted by Gasteiger charge is -2.35. The number of hydrogen-bond donors (Lipinski definition) is 2. The molecular weight excluding hydrogens is 354 g/mol. The summed E-state index contributed by atoms with van der Waals surface area (Å²) in [6.45, 7) is 2.23. The van der Waals surface area contributed by atoms with E-state index in [4.69, 9.17) is 0 Å². The number of hydrogen-bond acceptors (Lipinski definition) is 3. The van der Waals surface area contributed by atoms with Gasteiger partial charge in [-0.25, -0.2) is 13.1 Å². The van der Waals surface area contributed by atoms with Crippen LogP contribution < -0.4 is 4.72 Å². The number of aliphatic hydroxyl groups is 1. The highest BCUT2D eigenvalue weighted by Gasteiger charge is 2.34. The number of rotatable bonds is 5. The summed E-state index contributed by atoms with van der Waals surface area (Å²) in [4.78, 5) is 0.204. The minimum atomic E-state index is -3.60. The van der Waals surface area contributed by atoms with E-state index >= 15 is 0 Å². The topological polar surface area (TPSA) is 66.4 Å². The van der Waals surface area contributed by atoms with Crippen molar-refractivity contribution in [3.63, 3.8) is 0 Å². The number of sulfonamides is 1. The molecule has 1 fully saturated rings. The van der Waals surface area contributed by atoms with E-state index in [0.29, 0.717) is 23.2 Å². The van der Waals surface area contributed by atoms with Crippen molar-refractivity contribution in [3.05, 3.63) is 28.7 Å². The Morgan fingerprint density at radius 3 is 2.52 bits per heavy atom. The summed E-state index contributed by atoms with van der Waals surface area (Å²) in [6.07, 6.45) is 4.36. The Bertz CT molecular complexity index is 580. The van der Waals surface area contributed by atoms with Gasteiger partial charge in [0.2, 0.25) is 10.0 Å². The number of halogens is 1. The van der Waals surface area contributed by atoms with E-state index in [9.17, 15) is 13.5 Å². The van der Waals surface area contributed by atoms with Gasteiger partial charge in [0, 0.05) is 11.0 Å². The first-order valence-corrected chi connectivity index (χ1v) is 9.60. The Balaban J connectivity index is 2.01. The predicted molar refractivity (Wildman–Crippen MR) is 86.5 cm³/mol. The second-order valence-corrected chi connectivity index (χ2v) is 8.42. The second kappa shape index (κ2) is 6.77. The molecule has 4 nitrogen and oxygen atoms in total. The molecule has 0 aromatic heterocycles. The molecule has 1 aliphatic rings. The van der Waals surface area contributed by atoms with Crippen molar-refractivity contribution in [3.8, 4) is 0 Å². The molecule has 0 heterocycles. The average molecular weight is 376 g/mol. The second-order valence-electron chi connectivity index (χ2n) is 5.83. The molecule has 118 valence electrons. The molecule has 21 heavy (non-hydrogen) atoms. The van der Waals surface area contributed by atoms with Crippen molar-refractivity contribution in [1.29, 1.82) is 0 Å². The first kappa shape index (κ1) is 16.9. The molecule has 0 radical (unpaired) electrons. The number of nitrogens with one attached hydrogen (secondary N) is 1. The van der Waals surface area contributed by atoms with Crippen LogP contribution in [0.5, 0.6) is 0 Å². The highest BCUT2D eigenvalue weighted by Crippen LogP contribution is 2.33. The first-order valence-electron chi connectivity index (χ1n) is 7.33. The fourth-order valence-corrected chi connectivity index (χ4v) is 4.89. The van der Waals surface area contributed by atoms with Crippen molar-refractivity contribution in [1.82, 2.24) is 4.72 Å². The van der Waals surface area contributed by atoms with Gasteiger partial charge in [0.15, 0.2) is 0 Å². The van der Waals surface area contributed by atoms with Gasteiger partial charge < -0.3 is 5.11 Å². The molecule has 0 amide bonds. The van der Waals surface area contributed by atoms with Gasteiger partial charge in [-0.15, -0.1) is 0 Å². The minimum absolute atomic E-state index is 0.0765. The lowest BCUT2D eigenvalue weighted by Crippen LogP contribution is -2.45. The normalized spacial score (nSPS) is 26.7. The van der Waals surface area contributed by atoms with Crippen LogP contribution in [0.15, 0.2) is 33.6 Å². The van der Waals surface area contributed by atoms with Crippen LogP contribution in [0, 0.1) is 5.92 Å². The van der Waals surface area contributed by atoms with Gasteiger partial charge in [0.05, 0.1) is 10.5 Å². The summed E-state index contributed by atoms with van der Waals surface area (Å²) in [5.41, 5.74) is -0.917. The van der Waals surface area contributed by atoms with Gasteiger partial charge in [0.25, 0.3) is 0 Å². The zero-order valence-corrected chi connectivity index (χ0v) is 14.6. The van der Waals surface area contributed by atoms with Gasteiger partial charge >= 0.3 is 0 Å². The third kappa shape index (κ3) is 4.28. The van der Waals surface area contributed by atoms with Gasteiger partial charge in [-0.05, 0) is 59.7 Å². The molecule has 0 saturated heterocycles. The summed E-state index contributed by atoms with van der Waals surface area (Å²) >= 11 is 3.25. The van der Waals surface area contributed by atoms with Crippen LogP contribution >= 0.6 is 15.9 Å². The Morgan fingerprint density at radius 1 is 1.33 bits per heavy atom. The van der Waals surface area contributed by atoms with Crippen LogP contribution in [-0.2, 0) is 10.0 Å². The van der Waals surface area contributed by atoms with E-state index in [2.05, 4.69) is 27.6 Å². The highest BCUT2D eigenvalue weighted by molar-refractivity contribution is 9.10. The number of benzene rings is 1. The third-order valence-corrected chi connectivity index (χ3v) is 6.74. The molecule has 0 aliphatic heterocycles. The monoisotopic (exact) mass is 375 g/mol. The van der Waals surface area contributed by atoms with Crippen molar-refractivity contribution in [2.45, 2.75) is 49.5 Å². The van der Waals surface area contributed by atoms with Crippen LogP contribution in [0.1, 0.15) is 39.0 Å². The van der Waals surface area contributed by atoms with E-state index in [-0.39, 0.29) is 11.4 Å².